The van der Waals surface area contributed by atoms with Gasteiger partial charge in [0.05, 0.1) is 17.6 Å². The zero-order chi connectivity index (χ0) is 18.9. The van der Waals surface area contributed by atoms with Crippen LogP contribution < -0.4 is 0 Å². The number of nitrogens with zero attached hydrogens (tertiary/aromatic N) is 5. The number of para-hydroxylation sites is 1. The summed E-state index contributed by atoms with van der Waals surface area (Å²) in [5, 5.41) is 3.17. The molecule has 28 heavy (non-hydrogen) atoms. The van der Waals surface area contributed by atoms with Crippen molar-refractivity contribution in [2.24, 2.45) is 0 Å². The van der Waals surface area contributed by atoms with Gasteiger partial charge in [-0.2, -0.15) is 0 Å². The van der Waals surface area contributed by atoms with Gasteiger partial charge >= 0.3 is 0 Å². The monoisotopic (exact) mass is 391 g/mol. The molecule has 1 aromatic carbocycles. The van der Waals surface area contributed by atoms with Crippen molar-refractivity contribution >= 4 is 33.1 Å². The molecule has 0 bridgehead atoms. The standard InChI is InChI=1S/C21H21N5OS/c27-19(13-18-15-26-11-12-28-21(26)23-18)25-9-7-24(8-10-25)14-17-4-1-3-16-5-2-6-22-20(16)17/h1-6,11-12,15H,7-10,13-14H2. The lowest BCUT2D eigenvalue weighted by Crippen LogP contribution is -2.48. The first kappa shape index (κ1) is 17.3. The number of piperazine rings is 1. The summed E-state index contributed by atoms with van der Waals surface area (Å²) >= 11 is 1.59. The van der Waals surface area contributed by atoms with Gasteiger partial charge in [0.25, 0.3) is 0 Å². The number of aromatic nitrogens is 3. The van der Waals surface area contributed by atoms with Crippen LogP contribution in [0.3, 0.4) is 0 Å². The van der Waals surface area contributed by atoms with Gasteiger partial charge in [-0.3, -0.25) is 19.1 Å². The van der Waals surface area contributed by atoms with Crippen LogP contribution in [0, 0.1) is 0 Å². The highest BCUT2D eigenvalue weighted by Gasteiger charge is 2.22. The van der Waals surface area contributed by atoms with Gasteiger partial charge in [-0.25, -0.2) is 4.98 Å². The zero-order valence-corrected chi connectivity index (χ0v) is 16.3. The highest BCUT2D eigenvalue weighted by molar-refractivity contribution is 7.15. The summed E-state index contributed by atoms with van der Waals surface area (Å²) in [4.78, 5) is 27.0. The molecule has 0 saturated carbocycles. The Morgan fingerprint density at radius 1 is 1.11 bits per heavy atom. The molecule has 5 rings (SSSR count). The maximum atomic E-state index is 12.7. The molecule has 6 nitrogen and oxygen atoms in total. The van der Waals surface area contributed by atoms with E-state index in [2.05, 4.69) is 39.1 Å². The topological polar surface area (TPSA) is 53.7 Å². The molecule has 0 unspecified atom stereocenters. The highest BCUT2D eigenvalue weighted by atomic mass is 32.1. The van der Waals surface area contributed by atoms with Crippen molar-refractivity contribution in [1.82, 2.24) is 24.2 Å². The summed E-state index contributed by atoms with van der Waals surface area (Å²) < 4.78 is 1.98. The highest BCUT2D eigenvalue weighted by Crippen LogP contribution is 2.19. The summed E-state index contributed by atoms with van der Waals surface area (Å²) in [6.45, 7) is 4.16. The van der Waals surface area contributed by atoms with E-state index in [9.17, 15) is 4.79 Å². The Morgan fingerprint density at radius 3 is 2.82 bits per heavy atom. The number of thiazole rings is 1. The normalized spacial score (nSPS) is 15.5. The number of imidazole rings is 1. The van der Waals surface area contributed by atoms with Crippen molar-refractivity contribution in [1.29, 1.82) is 0 Å². The second kappa shape index (κ2) is 7.33. The maximum absolute atomic E-state index is 12.7. The zero-order valence-electron chi connectivity index (χ0n) is 15.5. The van der Waals surface area contributed by atoms with Gasteiger partial charge in [-0.05, 0) is 11.6 Å². The minimum atomic E-state index is 0.164. The average molecular weight is 392 g/mol. The molecule has 0 atom stereocenters. The van der Waals surface area contributed by atoms with Crippen LogP contribution in [-0.4, -0.2) is 56.3 Å². The molecule has 1 fully saturated rings. The van der Waals surface area contributed by atoms with E-state index >= 15 is 0 Å². The number of benzene rings is 1. The number of pyridine rings is 1. The molecular weight excluding hydrogens is 370 g/mol. The van der Waals surface area contributed by atoms with E-state index in [1.54, 1.807) is 11.3 Å². The van der Waals surface area contributed by atoms with Crippen LogP contribution in [0.5, 0.6) is 0 Å². The van der Waals surface area contributed by atoms with Gasteiger partial charge in [0.2, 0.25) is 5.91 Å². The second-order valence-electron chi connectivity index (χ2n) is 7.15. The first-order valence-corrected chi connectivity index (χ1v) is 10.4. The molecular formula is C21H21N5OS. The van der Waals surface area contributed by atoms with E-state index in [1.165, 1.54) is 10.9 Å². The van der Waals surface area contributed by atoms with Crippen LogP contribution in [0.15, 0.2) is 54.3 Å². The smallest absolute Gasteiger partial charge is 0.228 e. The molecule has 0 N–H and O–H groups in total. The predicted octanol–water partition coefficient (Wildman–Crippen LogP) is 2.83. The third-order valence-corrected chi connectivity index (χ3v) is 6.08. The van der Waals surface area contributed by atoms with Gasteiger partial charge < -0.3 is 4.90 Å². The fourth-order valence-corrected chi connectivity index (χ4v) is 4.54. The van der Waals surface area contributed by atoms with E-state index < -0.39 is 0 Å². The van der Waals surface area contributed by atoms with Crippen molar-refractivity contribution in [3.8, 4) is 0 Å². The minimum absolute atomic E-state index is 0.164. The third-order valence-electron chi connectivity index (χ3n) is 5.31. The third kappa shape index (κ3) is 3.39. The molecule has 0 aliphatic carbocycles. The van der Waals surface area contributed by atoms with E-state index in [4.69, 9.17) is 0 Å². The van der Waals surface area contributed by atoms with Crippen LogP contribution in [0.25, 0.3) is 15.9 Å². The van der Waals surface area contributed by atoms with Crippen LogP contribution in [0.4, 0.5) is 0 Å². The summed E-state index contributed by atoms with van der Waals surface area (Å²) in [6.07, 6.45) is 6.15. The van der Waals surface area contributed by atoms with Crippen LogP contribution in [0.2, 0.25) is 0 Å². The van der Waals surface area contributed by atoms with Crippen molar-refractivity contribution in [2.75, 3.05) is 26.2 Å². The Kier molecular flexibility index (Phi) is 4.54. The first-order chi connectivity index (χ1) is 13.8. The van der Waals surface area contributed by atoms with Crippen molar-refractivity contribution in [2.45, 2.75) is 13.0 Å². The van der Waals surface area contributed by atoms with Gasteiger partial charge in [0.15, 0.2) is 4.96 Å². The molecule has 3 aromatic heterocycles. The fourth-order valence-electron chi connectivity index (χ4n) is 3.82. The molecule has 1 amide bonds. The van der Waals surface area contributed by atoms with E-state index in [0.29, 0.717) is 6.42 Å². The molecule has 1 aliphatic rings. The van der Waals surface area contributed by atoms with Crippen LogP contribution in [-0.2, 0) is 17.8 Å². The molecule has 4 aromatic rings. The van der Waals surface area contributed by atoms with Crippen LogP contribution >= 0.6 is 11.3 Å². The number of fused-ring (bicyclic) bond motifs is 2. The van der Waals surface area contributed by atoms with Crippen molar-refractivity contribution < 1.29 is 4.79 Å². The van der Waals surface area contributed by atoms with Crippen molar-refractivity contribution in [3.63, 3.8) is 0 Å². The molecule has 0 radical (unpaired) electrons. The number of carbonyl (C=O) groups excluding carboxylic acids is 1. The fraction of sp³-hybridized carbons (Fsp3) is 0.286. The van der Waals surface area contributed by atoms with Gasteiger partial charge in [-0.15, -0.1) is 11.3 Å². The van der Waals surface area contributed by atoms with Gasteiger partial charge in [0.1, 0.15) is 0 Å². The van der Waals surface area contributed by atoms with E-state index in [-0.39, 0.29) is 5.91 Å². The largest absolute Gasteiger partial charge is 0.340 e. The number of carbonyl (C=O) groups is 1. The quantitative estimate of drug-likeness (QED) is 0.537. The second-order valence-corrected chi connectivity index (χ2v) is 8.02. The van der Waals surface area contributed by atoms with Gasteiger partial charge in [-0.1, -0.05) is 24.3 Å². The summed E-state index contributed by atoms with van der Waals surface area (Å²) in [5.74, 6) is 0.164. The van der Waals surface area contributed by atoms with Crippen molar-refractivity contribution in [3.05, 3.63) is 65.6 Å². The summed E-state index contributed by atoms with van der Waals surface area (Å²) in [7, 11) is 0. The number of amides is 1. The Labute approximate surface area is 167 Å². The Balaban J connectivity index is 1.20. The molecule has 142 valence electrons. The van der Waals surface area contributed by atoms with E-state index in [0.717, 1.165) is 48.9 Å². The lowest BCUT2D eigenvalue weighted by Gasteiger charge is -2.34. The summed E-state index contributed by atoms with van der Waals surface area (Å²) in [6, 6.07) is 10.4. The minimum Gasteiger partial charge on any atom is -0.340 e. The molecule has 4 heterocycles. The maximum Gasteiger partial charge on any atom is 0.228 e. The summed E-state index contributed by atoms with van der Waals surface area (Å²) in [5.41, 5.74) is 3.17. The number of rotatable bonds is 4. The molecule has 7 heteroatoms. The van der Waals surface area contributed by atoms with E-state index in [1.807, 2.05) is 39.3 Å². The molecule has 1 aliphatic heterocycles. The Hall–Kier alpha value is -2.77. The van der Waals surface area contributed by atoms with Gasteiger partial charge in [0, 0.05) is 62.1 Å². The van der Waals surface area contributed by atoms with Crippen LogP contribution in [0.1, 0.15) is 11.3 Å². The predicted molar refractivity (Wildman–Crippen MR) is 110 cm³/mol. The SMILES string of the molecule is O=C(Cc1cn2ccsc2n1)N1CCN(Cc2cccc3cccnc23)CC1. The lowest BCUT2D eigenvalue weighted by atomic mass is 10.1. The lowest BCUT2D eigenvalue weighted by molar-refractivity contribution is -0.132. The number of hydrogen-bond acceptors (Lipinski definition) is 5. The average Bonchev–Trinajstić information content (AvgIpc) is 3.30. The number of hydrogen-bond donors (Lipinski definition) is 0. The first-order valence-electron chi connectivity index (χ1n) is 9.50. The molecule has 0 spiro atoms. The molecule has 1 saturated heterocycles. The Bertz CT molecular complexity index is 1090. The Morgan fingerprint density at radius 2 is 1.96 bits per heavy atom.